The van der Waals surface area contributed by atoms with Gasteiger partial charge in [0.05, 0.1) is 16.3 Å². The number of ether oxygens (including phenoxy) is 2. The summed E-state index contributed by atoms with van der Waals surface area (Å²) in [5, 5.41) is 0.627. The number of para-hydroxylation sites is 2. The van der Waals surface area contributed by atoms with Crippen molar-refractivity contribution in [3.63, 3.8) is 0 Å². The number of amides is 1. The summed E-state index contributed by atoms with van der Waals surface area (Å²) in [6.45, 7) is 2.21. The van der Waals surface area contributed by atoms with Crippen LogP contribution in [-0.4, -0.2) is 17.9 Å². The predicted molar refractivity (Wildman–Crippen MR) is 120 cm³/mol. The number of hydrogen-bond donors (Lipinski definition) is 0. The molecule has 1 saturated heterocycles. The number of amidine groups is 1. The van der Waals surface area contributed by atoms with E-state index in [1.165, 1.54) is 11.8 Å². The van der Waals surface area contributed by atoms with Gasteiger partial charge in [-0.15, -0.1) is 0 Å². The van der Waals surface area contributed by atoms with Gasteiger partial charge in [-0.2, -0.15) is 0 Å². The van der Waals surface area contributed by atoms with E-state index in [1.54, 1.807) is 4.90 Å². The van der Waals surface area contributed by atoms with Crippen LogP contribution in [-0.2, 0) is 4.79 Å². The molecule has 0 atom stereocenters. The van der Waals surface area contributed by atoms with Crippen molar-refractivity contribution in [1.82, 2.24) is 0 Å². The van der Waals surface area contributed by atoms with Crippen molar-refractivity contribution in [2.24, 2.45) is 4.99 Å². The molecule has 2 heterocycles. The van der Waals surface area contributed by atoms with Gasteiger partial charge in [-0.3, -0.25) is 9.69 Å². The van der Waals surface area contributed by atoms with Gasteiger partial charge in [-0.25, -0.2) is 4.99 Å². The van der Waals surface area contributed by atoms with Gasteiger partial charge in [-0.1, -0.05) is 36.4 Å². The summed E-state index contributed by atoms with van der Waals surface area (Å²) in [4.78, 5) is 20.4. The Morgan fingerprint density at radius 2 is 1.63 bits per heavy atom. The molecule has 0 unspecified atom stereocenters. The lowest BCUT2D eigenvalue weighted by Crippen LogP contribution is -2.28. The molecule has 0 N–H and O–H groups in total. The molecule has 0 aromatic heterocycles. The number of anilines is 1. The molecule has 2 aliphatic rings. The Balaban J connectivity index is 1.57. The molecule has 0 aliphatic carbocycles. The van der Waals surface area contributed by atoms with Crippen molar-refractivity contribution in [2.75, 3.05) is 11.7 Å². The lowest BCUT2D eigenvalue weighted by Gasteiger charge is -2.15. The van der Waals surface area contributed by atoms with E-state index in [4.69, 9.17) is 14.5 Å². The maximum Gasteiger partial charge on any atom is 0.271 e. The third kappa shape index (κ3) is 3.46. The number of fused-ring (bicyclic) bond motifs is 1. The lowest BCUT2D eigenvalue weighted by molar-refractivity contribution is -0.113. The fourth-order valence-electron chi connectivity index (χ4n) is 3.32. The Labute approximate surface area is 178 Å². The van der Waals surface area contributed by atoms with Gasteiger partial charge < -0.3 is 9.47 Å². The molecule has 5 rings (SSSR count). The van der Waals surface area contributed by atoms with Crippen molar-refractivity contribution in [3.05, 3.63) is 88.8 Å². The predicted octanol–water partition coefficient (Wildman–Crippen LogP) is 5.53. The van der Waals surface area contributed by atoms with E-state index in [9.17, 15) is 4.79 Å². The van der Waals surface area contributed by atoms with E-state index >= 15 is 0 Å². The third-order valence-corrected chi connectivity index (χ3v) is 5.82. The maximum absolute atomic E-state index is 13.4. The van der Waals surface area contributed by atoms with Gasteiger partial charge in [0.2, 0.25) is 6.79 Å². The first-order valence-electron chi connectivity index (χ1n) is 9.52. The summed E-state index contributed by atoms with van der Waals surface area (Å²) < 4.78 is 10.9. The Morgan fingerprint density at radius 3 is 2.37 bits per heavy atom. The van der Waals surface area contributed by atoms with Crippen LogP contribution >= 0.6 is 11.8 Å². The first-order chi connectivity index (χ1) is 14.7. The van der Waals surface area contributed by atoms with Crippen LogP contribution in [0.15, 0.2) is 82.7 Å². The van der Waals surface area contributed by atoms with Crippen molar-refractivity contribution in [3.8, 4) is 11.5 Å². The van der Waals surface area contributed by atoms with E-state index in [2.05, 4.69) is 0 Å². The monoisotopic (exact) mass is 414 g/mol. The van der Waals surface area contributed by atoms with Crippen LogP contribution < -0.4 is 14.4 Å². The average molecular weight is 414 g/mol. The first-order valence-corrected chi connectivity index (χ1v) is 10.3. The van der Waals surface area contributed by atoms with E-state index in [1.807, 2.05) is 85.8 Å². The highest BCUT2D eigenvalue weighted by atomic mass is 32.2. The quantitative estimate of drug-likeness (QED) is 0.529. The van der Waals surface area contributed by atoms with Crippen molar-refractivity contribution < 1.29 is 14.3 Å². The number of carbonyl (C=O) groups is 1. The van der Waals surface area contributed by atoms with Crippen molar-refractivity contribution >= 4 is 40.3 Å². The van der Waals surface area contributed by atoms with Crippen LogP contribution in [0, 0.1) is 6.92 Å². The summed E-state index contributed by atoms with van der Waals surface area (Å²) in [6.07, 6.45) is 1.90. The van der Waals surface area contributed by atoms with E-state index in [0.717, 1.165) is 28.3 Å². The summed E-state index contributed by atoms with van der Waals surface area (Å²) in [5.41, 5.74) is 3.52. The van der Waals surface area contributed by atoms with Gasteiger partial charge in [0.15, 0.2) is 16.7 Å². The number of aryl methyl sites for hydroxylation is 1. The smallest absolute Gasteiger partial charge is 0.271 e. The van der Waals surface area contributed by atoms with Gasteiger partial charge in [-0.05, 0) is 72.3 Å². The summed E-state index contributed by atoms with van der Waals surface area (Å²) in [5.74, 6) is 1.33. The second-order valence-corrected chi connectivity index (χ2v) is 7.89. The Kier molecular flexibility index (Phi) is 4.77. The summed E-state index contributed by atoms with van der Waals surface area (Å²) in [7, 11) is 0. The zero-order valence-electron chi connectivity index (χ0n) is 16.2. The molecule has 1 amide bonds. The molecule has 30 heavy (non-hydrogen) atoms. The standard InChI is InChI=1S/C24H18N2O3S/c1-16-12-20-21(29-15-28-20)13-17(16)14-22-23(27)26(19-10-6-3-7-11-19)24(30-22)25-18-8-4-2-5-9-18/h2-14H,15H2,1H3/b22-14-,25-24?. The molecular formula is C24H18N2O3S. The SMILES string of the molecule is Cc1cc2c(cc1/C=C1\SC(=Nc3ccccc3)N(c3ccccc3)C1=O)OCO2. The maximum atomic E-state index is 13.4. The van der Waals surface area contributed by atoms with E-state index in [0.29, 0.717) is 15.8 Å². The molecule has 3 aromatic rings. The third-order valence-electron chi connectivity index (χ3n) is 4.85. The highest BCUT2D eigenvalue weighted by Crippen LogP contribution is 2.40. The topological polar surface area (TPSA) is 51.1 Å². The molecule has 2 aliphatic heterocycles. The minimum atomic E-state index is -0.0991. The summed E-state index contributed by atoms with van der Waals surface area (Å²) >= 11 is 1.37. The van der Waals surface area contributed by atoms with Crippen LogP contribution in [0.1, 0.15) is 11.1 Å². The zero-order valence-corrected chi connectivity index (χ0v) is 17.1. The van der Waals surface area contributed by atoms with Crippen LogP contribution in [0.2, 0.25) is 0 Å². The number of rotatable bonds is 3. The molecule has 5 nitrogen and oxygen atoms in total. The number of hydrogen-bond acceptors (Lipinski definition) is 5. The normalized spacial score (nSPS) is 17.9. The molecular weight excluding hydrogens is 396 g/mol. The lowest BCUT2D eigenvalue weighted by atomic mass is 10.1. The average Bonchev–Trinajstić information content (AvgIpc) is 3.33. The number of thioether (sulfide) groups is 1. The minimum absolute atomic E-state index is 0.0991. The molecule has 0 saturated carbocycles. The first kappa shape index (κ1) is 18.5. The Morgan fingerprint density at radius 1 is 0.967 bits per heavy atom. The fourth-order valence-corrected chi connectivity index (χ4v) is 4.31. The van der Waals surface area contributed by atoms with E-state index in [-0.39, 0.29) is 12.7 Å². The molecule has 148 valence electrons. The van der Waals surface area contributed by atoms with Crippen LogP contribution in [0.5, 0.6) is 11.5 Å². The minimum Gasteiger partial charge on any atom is -0.454 e. The molecule has 0 spiro atoms. The second kappa shape index (κ2) is 7.72. The van der Waals surface area contributed by atoms with Gasteiger partial charge in [0, 0.05) is 0 Å². The van der Waals surface area contributed by atoms with Crippen LogP contribution in [0.25, 0.3) is 6.08 Å². The Bertz CT molecular complexity index is 1170. The van der Waals surface area contributed by atoms with Crippen molar-refractivity contribution in [2.45, 2.75) is 6.92 Å². The van der Waals surface area contributed by atoms with Crippen LogP contribution in [0.4, 0.5) is 11.4 Å². The second-order valence-electron chi connectivity index (χ2n) is 6.88. The van der Waals surface area contributed by atoms with Crippen molar-refractivity contribution in [1.29, 1.82) is 0 Å². The fraction of sp³-hybridized carbons (Fsp3) is 0.0833. The van der Waals surface area contributed by atoms with Gasteiger partial charge >= 0.3 is 0 Å². The zero-order chi connectivity index (χ0) is 20.5. The molecule has 6 heteroatoms. The van der Waals surface area contributed by atoms with Crippen LogP contribution in [0.3, 0.4) is 0 Å². The summed E-state index contributed by atoms with van der Waals surface area (Å²) in [6, 6.07) is 23.1. The van der Waals surface area contributed by atoms with Gasteiger partial charge in [0.1, 0.15) is 0 Å². The number of benzene rings is 3. The number of aliphatic imine (C=N–C) groups is 1. The molecule has 3 aromatic carbocycles. The molecule has 0 radical (unpaired) electrons. The molecule has 1 fully saturated rings. The highest BCUT2D eigenvalue weighted by Gasteiger charge is 2.35. The largest absolute Gasteiger partial charge is 0.454 e. The van der Waals surface area contributed by atoms with Gasteiger partial charge in [0.25, 0.3) is 5.91 Å². The van der Waals surface area contributed by atoms with E-state index < -0.39 is 0 Å². The number of carbonyl (C=O) groups excluding carboxylic acids is 1. The number of nitrogens with zero attached hydrogens (tertiary/aromatic N) is 2. The highest BCUT2D eigenvalue weighted by molar-refractivity contribution is 8.19. The molecule has 0 bridgehead atoms. The Hall–Kier alpha value is -3.51.